The topological polar surface area (TPSA) is 63.3 Å². The second kappa shape index (κ2) is 3.68. The third-order valence-electron chi connectivity index (χ3n) is 2.53. The molecule has 0 atom stereocenters. The van der Waals surface area contributed by atoms with E-state index in [1.165, 1.54) is 0 Å². The first-order valence-corrected chi connectivity index (χ1v) is 5.33. The third kappa shape index (κ3) is 1.66. The summed E-state index contributed by atoms with van der Waals surface area (Å²) in [5, 5.41) is 17.9. The lowest BCUT2D eigenvalue weighted by Crippen LogP contribution is -2.26. The fourth-order valence-corrected chi connectivity index (χ4v) is 1.78. The molecule has 6 heteroatoms. The molecule has 0 spiro atoms. The molecule has 5 nitrogen and oxygen atoms in total. The SMILES string of the molecule is Cc1nc(Cl)cc2nnc(C(C)(C)CO)n12. The fraction of sp³-hybridized carbons (Fsp3) is 0.500. The summed E-state index contributed by atoms with van der Waals surface area (Å²) in [7, 11) is 0. The molecule has 0 aromatic carbocycles. The Labute approximate surface area is 98.1 Å². The number of hydrogen-bond donors (Lipinski definition) is 1. The van der Waals surface area contributed by atoms with Gasteiger partial charge in [0.05, 0.1) is 6.61 Å². The van der Waals surface area contributed by atoms with Gasteiger partial charge in [0.15, 0.2) is 5.65 Å². The molecule has 0 aliphatic heterocycles. The molecule has 0 unspecified atom stereocenters. The van der Waals surface area contributed by atoms with Crippen LogP contribution in [0, 0.1) is 6.92 Å². The van der Waals surface area contributed by atoms with E-state index in [0.29, 0.717) is 22.4 Å². The molecule has 0 aliphatic carbocycles. The van der Waals surface area contributed by atoms with Crippen LogP contribution < -0.4 is 0 Å². The van der Waals surface area contributed by atoms with Crippen LogP contribution in [-0.2, 0) is 5.41 Å². The minimum atomic E-state index is -0.459. The van der Waals surface area contributed by atoms with Crippen molar-refractivity contribution in [1.29, 1.82) is 0 Å². The standard InChI is InChI=1S/C10H13ClN4O/c1-6-12-7(11)4-8-13-14-9(15(6)8)10(2,3)5-16/h4,16H,5H2,1-3H3. The summed E-state index contributed by atoms with van der Waals surface area (Å²) in [5.41, 5.74) is 0.189. The van der Waals surface area contributed by atoms with Crippen molar-refractivity contribution in [2.24, 2.45) is 0 Å². The lowest BCUT2D eigenvalue weighted by molar-refractivity contribution is 0.210. The zero-order chi connectivity index (χ0) is 11.9. The van der Waals surface area contributed by atoms with Gasteiger partial charge in [0.25, 0.3) is 0 Å². The molecule has 0 aliphatic rings. The molecule has 2 aromatic heterocycles. The van der Waals surface area contributed by atoms with E-state index in [1.54, 1.807) is 6.07 Å². The number of hydrogen-bond acceptors (Lipinski definition) is 4. The zero-order valence-electron chi connectivity index (χ0n) is 9.40. The van der Waals surface area contributed by atoms with E-state index in [1.807, 2.05) is 25.2 Å². The van der Waals surface area contributed by atoms with E-state index in [-0.39, 0.29) is 6.61 Å². The van der Waals surface area contributed by atoms with Gasteiger partial charge in [-0.15, -0.1) is 10.2 Å². The van der Waals surface area contributed by atoms with E-state index in [9.17, 15) is 5.11 Å². The van der Waals surface area contributed by atoms with E-state index in [0.717, 1.165) is 0 Å². The highest BCUT2D eigenvalue weighted by Crippen LogP contribution is 2.22. The Balaban J connectivity index is 2.74. The van der Waals surface area contributed by atoms with Crippen LogP contribution in [0.3, 0.4) is 0 Å². The molecular formula is C10H13ClN4O. The van der Waals surface area contributed by atoms with Crippen molar-refractivity contribution in [1.82, 2.24) is 19.6 Å². The predicted octanol–water partition coefficient (Wildman–Crippen LogP) is 1.36. The summed E-state index contributed by atoms with van der Waals surface area (Å²) in [5.74, 6) is 1.40. The highest BCUT2D eigenvalue weighted by Gasteiger charge is 2.26. The molecule has 86 valence electrons. The lowest BCUT2D eigenvalue weighted by Gasteiger charge is -2.19. The quantitative estimate of drug-likeness (QED) is 0.805. The largest absolute Gasteiger partial charge is 0.395 e. The maximum Gasteiger partial charge on any atom is 0.165 e. The number of fused-ring (bicyclic) bond motifs is 1. The summed E-state index contributed by atoms with van der Waals surface area (Å²) in [6.07, 6.45) is 0. The van der Waals surface area contributed by atoms with Crippen molar-refractivity contribution in [3.05, 3.63) is 22.9 Å². The van der Waals surface area contributed by atoms with Crippen LogP contribution in [0.2, 0.25) is 5.15 Å². The van der Waals surface area contributed by atoms with Crippen LogP contribution in [-0.4, -0.2) is 31.3 Å². The summed E-state index contributed by atoms with van der Waals surface area (Å²) in [6, 6.07) is 1.65. The Kier molecular flexibility index (Phi) is 2.59. The van der Waals surface area contributed by atoms with Gasteiger partial charge in [0.2, 0.25) is 0 Å². The second-order valence-corrected chi connectivity index (χ2v) is 4.77. The van der Waals surface area contributed by atoms with Gasteiger partial charge >= 0.3 is 0 Å². The Morgan fingerprint density at radius 1 is 1.44 bits per heavy atom. The molecule has 16 heavy (non-hydrogen) atoms. The average molecular weight is 241 g/mol. The van der Waals surface area contributed by atoms with Crippen LogP contribution in [0.5, 0.6) is 0 Å². The normalized spacial score (nSPS) is 12.3. The van der Waals surface area contributed by atoms with Gasteiger partial charge in [-0.1, -0.05) is 25.4 Å². The van der Waals surface area contributed by atoms with Gasteiger partial charge in [-0.05, 0) is 6.92 Å². The molecule has 0 saturated heterocycles. The summed E-state index contributed by atoms with van der Waals surface area (Å²) < 4.78 is 1.81. The van der Waals surface area contributed by atoms with E-state index < -0.39 is 5.41 Å². The second-order valence-electron chi connectivity index (χ2n) is 4.39. The molecule has 2 heterocycles. The predicted molar refractivity (Wildman–Crippen MR) is 60.6 cm³/mol. The maximum atomic E-state index is 9.34. The van der Waals surface area contributed by atoms with Crippen molar-refractivity contribution in [2.45, 2.75) is 26.2 Å². The van der Waals surface area contributed by atoms with Gasteiger partial charge in [0, 0.05) is 11.5 Å². The first kappa shape index (κ1) is 11.3. The van der Waals surface area contributed by atoms with Gasteiger partial charge in [-0.25, -0.2) is 4.98 Å². The van der Waals surface area contributed by atoms with Gasteiger partial charge < -0.3 is 5.11 Å². The fourth-order valence-electron chi connectivity index (χ4n) is 1.56. The monoisotopic (exact) mass is 240 g/mol. The van der Waals surface area contributed by atoms with Crippen LogP contribution in [0.1, 0.15) is 25.5 Å². The highest BCUT2D eigenvalue weighted by atomic mass is 35.5. The van der Waals surface area contributed by atoms with E-state index in [4.69, 9.17) is 11.6 Å². The van der Waals surface area contributed by atoms with Crippen molar-refractivity contribution in [3.63, 3.8) is 0 Å². The Morgan fingerprint density at radius 2 is 2.12 bits per heavy atom. The number of nitrogens with zero attached hydrogens (tertiary/aromatic N) is 4. The van der Waals surface area contributed by atoms with Crippen LogP contribution >= 0.6 is 11.6 Å². The van der Waals surface area contributed by atoms with Gasteiger partial charge in [0.1, 0.15) is 16.8 Å². The van der Waals surface area contributed by atoms with Gasteiger partial charge in [-0.3, -0.25) is 4.40 Å². The first-order chi connectivity index (χ1) is 7.45. The van der Waals surface area contributed by atoms with Crippen molar-refractivity contribution < 1.29 is 5.11 Å². The first-order valence-electron chi connectivity index (χ1n) is 4.95. The summed E-state index contributed by atoms with van der Waals surface area (Å²) in [4.78, 5) is 4.15. The van der Waals surface area contributed by atoms with E-state index >= 15 is 0 Å². The number of aromatic nitrogens is 4. The summed E-state index contributed by atoms with van der Waals surface area (Å²) in [6.45, 7) is 5.63. The molecule has 2 aromatic rings. The van der Waals surface area contributed by atoms with Crippen molar-refractivity contribution >= 4 is 17.2 Å². The minimum absolute atomic E-state index is 0.00411. The van der Waals surface area contributed by atoms with Crippen LogP contribution in [0.4, 0.5) is 0 Å². The van der Waals surface area contributed by atoms with Crippen molar-refractivity contribution in [3.8, 4) is 0 Å². The molecule has 0 fully saturated rings. The van der Waals surface area contributed by atoms with Gasteiger partial charge in [-0.2, -0.15) is 0 Å². The minimum Gasteiger partial charge on any atom is -0.395 e. The number of rotatable bonds is 2. The lowest BCUT2D eigenvalue weighted by atomic mass is 9.94. The Bertz CT molecular complexity index is 535. The average Bonchev–Trinajstić information content (AvgIpc) is 2.62. The Morgan fingerprint density at radius 3 is 2.75 bits per heavy atom. The number of halogens is 1. The molecular weight excluding hydrogens is 228 g/mol. The number of aryl methyl sites for hydroxylation is 1. The molecule has 0 amide bonds. The molecule has 0 bridgehead atoms. The van der Waals surface area contributed by atoms with Crippen molar-refractivity contribution in [2.75, 3.05) is 6.61 Å². The molecule has 0 saturated carbocycles. The smallest absolute Gasteiger partial charge is 0.165 e. The Hall–Kier alpha value is -1.20. The molecule has 1 N–H and O–H groups in total. The highest BCUT2D eigenvalue weighted by molar-refractivity contribution is 6.29. The summed E-state index contributed by atoms with van der Waals surface area (Å²) >= 11 is 5.84. The van der Waals surface area contributed by atoms with Crippen LogP contribution in [0.15, 0.2) is 6.07 Å². The maximum absolute atomic E-state index is 9.34. The number of aliphatic hydroxyl groups is 1. The zero-order valence-corrected chi connectivity index (χ0v) is 10.2. The molecule has 0 radical (unpaired) electrons. The van der Waals surface area contributed by atoms with Crippen LogP contribution in [0.25, 0.3) is 5.65 Å². The third-order valence-corrected chi connectivity index (χ3v) is 2.72. The van der Waals surface area contributed by atoms with E-state index in [2.05, 4.69) is 15.2 Å². The number of aliphatic hydroxyl groups excluding tert-OH is 1. The molecule has 2 rings (SSSR count).